The van der Waals surface area contributed by atoms with E-state index in [-0.39, 0.29) is 17.4 Å². The van der Waals surface area contributed by atoms with Gasteiger partial charge in [0.05, 0.1) is 27.0 Å². The molecule has 0 aliphatic heterocycles. The number of amides is 1. The van der Waals surface area contributed by atoms with Gasteiger partial charge in [-0.2, -0.15) is 8.78 Å². The summed E-state index contributed by atoms with van der Waals surface area (Å²) in [5.74, 6) is 0.686. The van der Waals surface area contributed by atoms with E-state index in [4.69, 9.17) is 14.2 Å². The summed E-state index contributed by atoms with van der Waals surface area (Å²) in [4.78, 5) is 12.5. The van der Waals surface area contributed by atoms with Gasteiger partial charge in [-0.1, -0.05) is 0 Å². The predicted octanol–water partition coefficient (Wildman–Crippen LogP) is 3.75. The van der Waals surface area contributed by atoms with Crippen LogP contribution in [-0.4, -0.2) is 39.9 Å². The molecule has 0 spiro atoms. The summed E-state index contributed by atoms with van der Waals surface area (Å²) in [6, 6.07) is 8.71. The summed E-state index contributed by atoms with van der Waals surface area (Å²) in [5, 5.41) is 5.67. The van der Waals surface area contributed by atoms with E-state index in [1.54, 1.807) is 31.2 Å². The molecule has 1 atom stereocenters. The van der Waals surface area contributed by atoms with Crippen molar-refractivity contribution < 1.29 is 32.5 Å². The third kappa shape index (κ3) is 5.38. The number of hydrogen-bond acceptors (Lipinski definition) is 6. The zero-order valence-electron chi connectivity index (χ0n) is 15.9. The first-order valence-corrected chi connectivity index (χ1v) is 8.30. The average Bonchev–Trinajstić information content (AvgIpc) is 2.67. The number of alkyl halides is 2. The summed E-state index contributed by atoms with van der Waals surface area (Å²) < 4.78 is 44.9. The van der Waals surface area contributed by atoms with Gasteiger partial charge < -0.3 is 29.6 Å². The van der Waals surface area contributed by atoms with Gasteiger partial charge in [0, 0.05) is 17.8 Å². The van der Waals surface area contributed by atoms with Gasteiger partial charge in [-0.15, -0.1) is 0 Å². The first-order chi connectivity index (χ1) is 13.4. The van der Waals surface area contributed by atoms with Crippen LogP contribution in [0.15, 0.2) is 36.4 Å². The minimum absolute atomic E-state index is 0.135. The van der Waals surface area contributed by atoms with Crippen molar-refractivity contribution in [3.63, 3.8) is 0 Å². The van der Waals surface area contributed by atoms with Crippen LogP contribution in [0.4, 0.5) is 20.2 Å². The zero-order valence-corrected chi connectivity index (χ0v) is 15.9. The lowest BCUT2D eigenvalue weighted by Gasteiger charge is -2.18. The molecule has 1 unspecified atom stereocenters. The van der Waals surface area contributed by atoms with Crippen LogP contribution in [0.1, 0.15) is 6.92 Å². The third-order valence-corrected chi connectivity index (χ3v) is 3.82. The van der Waals surface area contributed by atoms with Crippen molar-refractivity contribution in [2.24, 2.45) is 0 Å². The molecule has 0 bridgehead atoms. The Morgan fingerprint density at radius 2 is 1.61 bits per heavy atom. The number of benzene rings is 2. The number of carbonyl (C=O) groups is 1. The quantitative estimate of drug-likeness (QED) is 0.672. The second kappa shape index (κ2) is 9.63. The SMILES string of the molecule is COc1ccc(OC)c(NC(=O)C(C)Nc2ccc(OC)c(OC(F)F)c2)c1. The van der Waals surface area contributed by atoms with Crippen LogP contribution < -0.4 is 29.6 Å². The highest BCUT2D eigenvalue weighted by molar-refractivity contribution is 5.97. The van der Waals surface area contributed by atoms with Crippen LogP contribution in [-0.2, 0) is 4.79 Å². The van der Waals surface area contributed by atoms with Gasteiger partial charge in [0.15, 0.2) is 11.5 Å². The Hall–Kier alpha value is -3.23. The topological polar surface area (TPSA) is 78.1 Å². The molecule has 28 heavy (non-hydrogen) atoms. The molecule has 0 aromatic heterocycles. The van der Waals surface area contributed by atoms with Gasteiger partial charge in [0.25, 0.3) is 0 Å². The smallest absolute Gasteiger partial charge is 0.387 e. The van der Waals surface area contributed by atoms with Crippen LogP contribution in [0.25, 0.3) is 0 Å². The monoisotopic (exact) mass is 396 g/mol. The second-order valence-corrected chi connectivity index (χ2v) is 5.67. The number of methoxy groups -OCH3 is 3. The average molecular weight is 396 g/mol. The molecule has 152 valence electrons. The summed E-state index contributed by atoms with van der Waals surface area (Å²) in [6.07, 6.45) is 0. The van der Waals surface area contributed by atoms with Crippen LogP contribution >= 0.6 is 0 Å². The molecule has 1 amide bonds. The Kier molecular flexibility index (Phi) is 7.25. The number of hydrogen-bond donors (Lipinski definition) is 2. The van der Waals surface area contributed by atoms with Gasteiger partial charge in [0.1, 0.15) is 17.5 Å². The second-order valence-electron chi connectivity index (χ2n) is 5.67. The molecule has 2 aromatic rings. The maximum atomic E-state index is 12.6. The van der Waals surface area contributed by atoms with Crippen molar-refractivity contribution in [3.05, 3.63) is 36.4 Å². The number of ether oxygens (including phenoxy) is 4. The predicted molar refractivity (Wildman–Crippen MR) is 101 cm³/mol. The standard InChI is InChI=1S/C19H22F2N2O5/c1-11(18(24)23-14-10-13(25-2)6-8-15(14)26-3)22-12-5-7-16(27-4)17(9-12)28-19(20)21/h5-11,19,22H,1-4H3,(H,23,24). The fourth-order valence-corrected chi connectivity index (χ4v) is 2.42. The molecule has 2 aromatic carbocycles. The molecule has 0 aliphatic rings. The number of rotatable bonds is 9. The Labute approximate surface area is 161 Å². The molecule has 7 nitrogen and oxygen atoms in total. The highest BCUT2D eigenvalue weighted by Crippen LogP contribution is 2.32. The lowest BCUT2D eigenvalue weighted by atomic mass is 10.2. The van der Waals surface area contributed by atoms with Gasteiger partial charge in [-0.05, 0) is 31.2 Å². The van der Waals surface area contributed by atoms with Gasteiger partial charge in [0.2, 0.25) is 5.91 Å². The van der Waals surface area contributed by atoms with Crippen molar-refractivity contribution in [1.82, 2.24) is 0 Å². The molecule has 0 radical (unpaired) electrons. The maximum absolute atomic E-state index is 12.6. The molecule has 0 fully saturated rings. The Morgan fingerprint density at radius 3 is 2.21 bits per heavy atom. The molecule has 2 rings (SSSR count). The highest BCUT2D eigenvalue weighted by Gasteiger charge is 2.17. The highest BCUT2D eigenvalue weighted by atomic mass is 19.3. The van der Waals surface area contributed by atoms with Crippen molar-refractivity contribution >= 4 is 17.3 Å². The number of halogens is 2. The number of nitrogens with one attached hydrogen (secondary N) is 2. The molecule has 2 N–H and O–H groups in total. The number of anilines is 2. The minimum atomic E-state index is -3.00. The van der Waals surface area contributed by atoms with E-state index in [1.807, 2.05) is 0 Å². The van der Waals surface area contributed by atoms with E-state index >= 15 is 0 Å². The van der Waals surface area contributed by atoms with Crippen molar-refractivity contribution in [3.8, 4) is 23.0 Å². The van der Waals surface area contributed by atoms with Crippen molar-refractivity contribution in [2.45, 2.75) is 19.6 Å². The maximum Gasteiger partial charge on any atom is 0.387 e. The molecular weight excluding hydrogens is 374 g/mol. The minimum Gasteiger partial charge on any atom is -0.497 e. The summed E-state index contributed by atoms with van der Waals surface area (Å²) in [5.41, 5.74) is 0.855. The van der Waals surface area contributed by atoms with E-state index in [0.717, 1.165) is 0 Å². The molecular formula is C19H22F2N2O5. The fourth-order valence-electron chi connectivity index (χ4n) is 2.42. The van der Waals surface area contributed by atoms with Gasteiger partial charge in [-0.25, -0.2) is 0 Å². The normalized spacial score (nSPS) is 11.5. The Bertz CT molecular complexity index is 817. The lowest BCUT2D eigenvalue weighted by Crippen LogP contribution is -2.32. The van der Waals surface area contributed by atoms with Crippen LogP contribution in [0.2, 0.25) is 0 Å². The van der Waals surface area contributed by atoms with Crippen LogP contribution in [0.3, 0.4) is 0 Å². The lowest BCUT2D eigenvalue weighted by molar-refractivity contribution is -0.116. The Balaban J connectivity index is 2.12. The first-order valence-electron chi connectivity index (χ1n) is 8.30. The summed E-state index contributed by atoms with van der Waals surface area (Å²) >= 11 is 0. The van der Waals surface area contributed by atoms with Crippen LogP contribution in [0.5, 0.6) is 23.0 Å². The summed E-state index contributed by atoms with van der Waals surface area (Å²) in [7, 11) is 4.35. The number of carbonyl (C=O) groups excluding carboxylic acids is 1. The molecule has 0 heterocycles. The first kappa shape index (κ1) is 21.1. The summed E-state index contributed by atoms with van der Waals surface area (Å²) in [6.45, 7) is -1.37. The van der Waals surface area contributed by atoms with E-state index in [9.17, 15) is 13.6 Å². The molecule has 9 heteroatoms. The third-order valence-electron chi connectivity index (χ3n) is 3.82. The van der Waals surface area contributed by atoms with Crippen LogP contribution in [0, 0.1) is 0 Å². The van der Waals surface area contributed by atoms with Crippen molar-refractivity contribution in [2.75, 3.05) is 32.0 Å². The van der Waals surface area contributed by atoms with E-state index in [0.29, 0.717) is 22.9 Å². The molecule has 0 saturated heterocycles. The molecule has 0 aliphatic carbocycles. The van der Waals surface area contributed by atoms with E-state index < -0.39 is 12.7 Å². The van der Waals surface area contributed by atoms with Gasteiger partial charge in [-0.3, -0.25) is 4.79 Å². The van der Waals surface area contributed by atoms with Crippen molar-refractivity contribution in [1.29, 1.82) is 0 Å². The van der Waals surface area contributed by atoms with Gasteiger partial charge >= 0.3 is 6.61 Å². The zero-order chi connectivity index (χ0) is 20.7. The van der Waals surface area contributed by atoms with E-state index in [2.05, 4.69) is 15.4 Å². The Morgan fingerprint density at radius 1 is 0.929 bits per heavy atom. The fraction of sp³-hybridized carbons (Fsp3) is 0.316. The molecule has 0 saturated carbocycles. The van der Waals surface area contributed by atoms with E-state index in [1.165, 1.54) is 33.5 Å². The largest absolute Gasteiger partial charge is 0.497 e.